The number of nitrogens with zero attached hydrogens (tertiary/aromatic N) is 6. The van der Waals surface area contributed by atoms with Gasteiger partial charge >= 0.3 is 11.9 Å². The van der Waals surface area contributed by atoms with Crippen LogP contribution in [-0.2, 0) is 67.3 Å². The monoisotopic (exact) mass is 1110 g/mol. The Morgan fingerprint density at radius 3 is 1.75 bits per heavy atom. The maximum absolute atomic E-state index is 13.3. The van der Waals surface area contributed by atoms with Crippen molar-refractivity contribution in [2.24, 2.45) is 10.7 Å². The Bertz CT molecular complexity index is 3260. The Balaban J connectivity index is 0.000000235. The molecule has 5 aromatic carbocycles. The van der Waals surface area contributed by atoms with Gasteiger partial charge in [0.25, 0.3) is 35.4 Å². The van der Waals surface area contributed by atoms with Crippen LogP contribution in [-0.4, -0.2) is 158 Å². The molecule has 6 amide bonds. The molecule has 23 heteroatoms. The summed E-state index contributed by atoms with van der Waals surface area (Å²) < 4.78 is 21.1. The van der Waals surface area contributed by atoms with Gasteiger partial charge in [0.05, 0.1) is 32.9 Å². The number of aryl methyl sites for hydroxylation is 1. The number of aliphatic hydroxyl groups is 2. The van der Waals surface area contributed by atoms with Gasteiger partial charge in [0.2, 0.25) is 0 Å². The number of likely N-dealkylation sites (N-methyl/N-ethyl adjacent to an activating group) is 2. The molecule has 5 aromatic rings. The highest BCUT2D eigenvalue weighted by Crippen LogP contribution is 2.28. The molecule has 0 saturated carbocycles. The van der Waals surface area contributed by atoms with Gasteiger partial charge in [-0.2, -0.15) is 0 Å². The van der Waals surface area contributed by atoms with Crippen LogP contribution in [0.4, 0.5) is 28.4 Å². The molecule has 3 aliphatic heterocycles. The zero-order valence-electron chi connectivity index (χ0n) is 44.9. The molecule has 0 bridgehead atoms. The third kappa shape index (κ3) is 14.9. The van der Waals surface area contributed by atoms with Crippen LogP contribution in [0.25, 0.3) is 4.85 Å². The van der Waals surface area contributed by atoms with Crippen LogP contribution in [0, 0.1) is 6.57 Å². The molecule has 4 atom stereocenters. The minimum Gasteiger partial charge on any atom is -0.465 e. The van der Waals surface area contributed by atoms with Crippen molar-refractivity contribution >= 4 is 81.7 Å². The van der Waals surface area contributed by atoms with Crippen molar-refractivity contribution in [1.82, 2.24) is 9.80 Å². The number of aliphatic hydroxyl groups excluding tert-OH is 2. The number of carbonyl (C=O) groups excluding carboxylic acids is 8. The molecule has 3 heterocycles. The average Bonchev–Trinajstić information content (AvgIpc) is 3.85. The number of carbonyl (C=O) groups is 8. The summed E-state index contributed by atoms with van der Waals surface area (Å²) in [4.78, 5) is 115. The molecule has 2 fully saturated rings. The smallest absolute Gasteiger partial charge is 0.325 e. The third-order valence-corrected chi connectivity index (χ3v) is 13.1. The highest BCUT2D eigenvalue weighted by molar-refractivity contribution is 6.07. The van der Waals surface area contributed by atoms with Crippen molar-refractivity contribution in [2.75, 3.05) is 80.5 Å². The first-order valence-corrected chi connectivity index (χ1v) is 25.7. The van der Waals surface area contributed by atoms with E-state index in [1.54, 1.807) is 79.7 Å². The largest absolute Gasteiger partial charge is 0.465 e. The number of aliphatic imine (C=N–C) groups is 1. The van der Waals surface area contributed by atoms with E-state index < -0.39 is 71.8 Å². The normalized spacial score (nSPS) is 16.2. The fraction of sp³-hybridized carbons (Fsp3) is 0.310. The molecule has 3 aliphatic rings. The quantitative estimate of drug-likeness (QED) is 0.0619. The van der Waals surface area contributed by atoms with Crippen LogP contribution >= 0.6 is 0 Å². The predicted molar refractivity (Wildman–Crippen MR) is 296 cm³/mol. The van der Waals surface area contributed by atoms with E-state index in [1.807, 2.05) is 37.3 Å². The topological polar surface area (TPSA) is 294 Å². The lowest BCUT2D eigenvalue weighted by atomic mass is 10.1. The number of hydrogen-bond donors (Lipinski definition) is 5. The van der Waals surface area contributed by atoms with Crippen LogP contribution in [0.5, 0.6) is 0 Å². The van der Waals surface area contributed by atoms with Crippen molar-refractivity contribution in [3.05, 3.63) is 160 Å². The molecular weight excluding hydrogens is 1050 g/mol. The number of benzene rings is 5. The summed E-state index contributed by atoms with van der Waals surface area (Å²) in [6.45, 7) is 11.4. The summed E-state index contributed by atoms with van der Waals surface area (Å²) in [6, 6.07) is 31.6. The standard InChI is InChI=1S/C32H32N4O7.C26H29N5O7/c1-4-22-17-24(13-14-26(22)33-2)34-30(39)28(38)29-32(41)36(15-16-42-29)25-12-8-11-23(18-25)31(40)35(3)19-27(37)43-20-21-9-6-5-7-10-21;1-3-37-20(32)14-30(2)25(35)15-5-4-6-18(12-15)31-9-10-38-22(26(31)36)21(33)24(34)29-17-7-8-19-16(11-17)13-28-23(19)27/h5-14,17-18,28-29,38H,4,15-16,19-20H2,1,3H3,(H,34,39);4-8,11-12,21-22,33H,3,9-10,13-14H2,1-2H3,(H2,27,28)(H,29,34)/t28-,29-;21-,22-/m11/s1. The predicted octanol–water partition coefficient (Wildman–Crippen LogP) is 3.62. The fourth-order valence-electron chi connectivity index (χ4n) is 8.82. The average molecular weight is 1110 g/mol. The van der Waals surface area contributed by atoms with Gasteiger partial charge in [-0.3, -0.25) is 43.3 Å². The van der Waals surface area contributed by atoms with Crippen LogP contribution in [0.15, 0.2) is 120 Å². The highest BCUT2D eigenvalue weighted by Gasteiger charge is 2.41. The lowest BCUT2D eigenvalue weighted by Gasteiger charge is -2.34. The Labute approximate surface area is 466 Å². The number of nitrogens with two attached hydrogens (primary N) is 1. The molecule has 0 radical (unpaired) electrons. The zero-order valence-corrected chi connectivity index (χ0v) is 44.9. The SMILES string of the molecule is CCOC(=O)CN(C)C(=O)c1cccc(N2CCO[C@H]([C@@H](O)C(=O)Nc3ccc4c(c3)CN=C4N)C2=O)c1.[C-]#[N+]c1ccc(NC(=O)[C@H](O)[C@H]2OCCN(c3cccc(C(=O)N(C)CC(=O)OCc4ccccc4)c3)C2=O)cc1CC. The van der Waals surface area contributed by atoms with E-state index >= 15 is 0 Å². The van der Waals surface area contributed by atoms with Crippen LogP contribution in [0.2, 0.25) is 0 Å². The molecule has 2 saturated heterocycles. The lowest BCUT2D eigenvalue weighted by Crippen LogP contribution is -2.55. The number of nitrogens with one attached hydrogen (secondary N) is 2. The van der Waals surface area contributed by atoms with E-state index in [1.165, 1.54) is 45.8 Å². The van der Waals surface area contributed by atoms with Crippen molar-refractivity contribution in [3.8, 4) is 0 Å². The molecule has 0 spiro atoms. The summed E-state index contributed by atoms with van der Waals surface area (Å²) in [7, 11) is 2.95. The molecule has 0 unspecified atom stereocenters. The second kappa shape index (κ2) is 27.5. The molecule has 23 nitrogen and oxygen atoms in total. The molecule has 81 heavy (non-hydrogen) atoms. The Hall–Kier alpha value is -9.34. The van der Waals surface area contributed by atoms with E-state index in [2.05, 4.69) is 20.5 Å². The van der Waals surface area contributed by atoms with Crippen LogP contribution < -0.4 is 26.2 Å². The number of rotatable bonds is 18. The molecule has 0 aliphatic carbocycles. The van der Waals surface area contributed by atoms with Gasteiger partial charge in [-0.1, -0.05) is 55.5 Å². The van der Waals surface area contributed by atoms with E-state index in [-0.39, 0.29) is 63.7 Å². The second-order valence-corrected chi connectivity index (χ2v) is 18.7. The van der Waals surface area contributed by atoms with Crippen molar-refractivity contribution in [2.45, 2.75) is 57.8 Å². The summed E-state index contributed by atoms with van der Waals surface area (Å²) in [5.41, 5.74) is 11.5. The maximum Gasteiger partial charge on any atom is 0.325 e. The molecule has 8 rings (SSSR count). The first-order chi connectivity index (χ1) is 38.9. The van der Waals surface area contributed by atoms with Crippen molar-refractivity contribution in [1.29, 1.82) is 0 Å². The Morgan fingerprint density at radius 2 is 1.23 bits per heavy atom. The minimum absolute atomic E-state index is 0.0474. The lowest BCUT2D eigenvalue weighted by molar-refractivity contribution is -0.150. The van der Waals surface area contributed by atoms with E-state index in [9.17, 15) is 48.6 Å². The van der Waals surface area contributed by atoms with Crippen LogP contribution in [0.1, 0.15) is 56.8 Å². The number of hydrogen-bond acceptors (Lipinski definition) is 16. The summed E-state index contributed by atoms with van der Waals surface area (Å²) >= 11 is 0. The second-order valence-electron chi connectivity index (χ2n) is 18.7. The fourth-order valence-corrected chi connectivity index (χ4v) is 8.82. The molecule has 422 valence electrons. The zero-order chi connectivity index (χ0) is 58.3. The number of anilines is 4. The van der Waals surface area contributed by atoms with E-state index in [0.717, 1.165) is 22.3 Å². The van der Waals surface area contributed by atoms with E-state index in [4.69, 9.17) is 31.3 Å². The highest BCUT2D eigenvalue weighted by atomic mass is 16.5. The number of amidine groups is 1. The number of morpholine rings is 2. The van der Waals surface area contributed by atoms with Gasteiger partial charge in [-0.15, -0.1) is 0 Å². The Kier molecular flexibility index (Phi) is 20.1. The summed E-state index contributed by atoms with van der Waals surface area (Å²) in [5, 5.41) is 26.6. The summed E-state index contributed by atoms with van der Waals surface area (Å²) in [6.07, 6.45) is -5.91. The van der Waals surface area contributed by atoms with Crippen molar-refractivity contribution < 1.29 is 67.5 Å². The summed E-state index contributed by atoms with van der Waals surface area (Å²) in [5.74, 6) is -4.46. The van der Waals surface area contributed by atoms with Gasteiger partial charge in [0.1, 0.15) is 25.5 Å². The van der Waals surface area contributed by atoms with Crippen molar-refractivity contribution in [3.63, 3.8) is 0 Å². The molecular formula is C58H61N9O14. The molecule has 0 aromatic heterocycles. The maximum atomic E-state index is 13.3. The van der Waals surface area contributed by atoms with Gasteiger partial charge in [-0.25, -0.2) is 4.85 Å². The van der Waals surface area contributed by atoms with Crippen LogP contribution in [0.3, 0.4) is 0 Å². The van der Waals surface area contributed by atoms with Gasteiger partial charge in [0.15, 0.2) is 30.1 Å². The number of fused-ring (bicyclic) bond motifs is 1. The number of amides is 6. The third-order valence-electron chi connectivity index (χ3n) is 13.1. The minimum atomic E-state index is -1.81. The van der Waals surface area contributed by atoms with E-state index in [0.29, 0.717) is 47.2 Å². The number of esters is 2. The van der Waals surface area contributed by atoms with Gasteiger partial charge in [0, 0.05) is 66.6 Å². The first-order valence-electron chi connectivity index (χ1n) is 25.7. The Morgan fingerprint density at radius 1 is 0.716 bits per heavy atom. The van der Waals surface area contributed by atoms with Gasteiger partial charge in [-0.05, 0) is 96.8 Å². The first kappa shape index (κ1) is 59.3. The molecule has 6 N–H and O–H groups in total. The van der Waals surface area contributed by atoms with Gasteiger partial charge < -0.3 is 65.1 Å². The number of ether oxygens (including phenoxy) is 4.